The van der Waals surface area contributed by atoms with E-state index >= 15 is 0 Å². The number of urea groups is 1. The number of hydrogen-bond acceptors (Lipinski definition) is 5. The maximum absolute atomic E-state index is 13.6. The van der Waals surface area contributed by atoms with Gasteiger partial charge < -0.3 is 19.9 Å². The van der Waals surface area contributed by atoms with E-state index in [-0.39, 0.29) is 6.10 Å². The maximum Gasteiger partial charge on any atom is 0.322 e. The highest BCUT2D eigenvalue weighted by atomic mass is 19.1. The minimum Gasteiger partial charge on any atom is -0.471 e. The Balaban J connectivity index is 1.57. The first-order chi connectivity index (χ1) is 12.4. The lowest BCUT2D eigenvalue weighted by Crippen LogP contribution is -2.35. The zero-order chi connectivity index (χ0) is 18.7. The standard InChI is InChI=1S/C17H19F2N5O2/c1-23(2)14-6-7-15(22-21-14)26-11-8-9-24(10-11)17(25)20-16-12(18)4-3-5-13(16)19/h3-7,11H,8-10H2,1-2H3,(H,20,25). The summed E-state index contributed by atoms with van der Waals surface area (Å²) in [6.45, 7) is 0.703. The van der Waals surface area contributed by atoms with Crippen molar-refractivity contribution >= 4 is 17.5 Å². The van der Waals surface area contributed by atoms with Crippen molar-refractivity contribution in [2.75, 3.05) is 37.4 Å². The van der Waals surface area contributed by atoms with E-state index in [0.717, 1.165) is 12.1 Å². The highest BCUT2D eigenvalue weighted by molar-refractivity contribution is 5.89. The molecule has 1 saturated heterocycles. The summed E-state index contributed by atoms with van der Waals surface area (Å²) in [7, 11) is 3.72. The molecule has 0 spiro atoms. The number of amides is 2. The number of halogens is 2. The van der Waals surface area contributed by atoms with Crippen LogP contribution in [0.3, 0.4) is 0 Å². The average molecular weight is 363 g/mol. The summed E-state index contributed by atoms with van der Waals surface area (Å²) in [6.07, 6.45) is 0.329. The Morgan fingerprint density at radius 1 is 1.23 bits per heavy atom. The van der Waals surface area contributed by atoms with Crippen molar-refractivity contribution in [1.82, 2.24) is 15.1 Å². The lowest BCUT2D eigenvalue weighted by atomic mass is 10.3. The van der Waals surface area contributed by atoms with Crippen LogP contribution >= 0.6 is 0 Å². The molecule has 1 N–H and O–H groups in total. The SMILES string of the molecule is CN(C)c1ccc(OC2CCN(C(=O)Nc3c(F)cccc3F)C2)nn1. The molecule has 1 unspecified atom stereocenters. The fourth-order valence-corrected chi connectivity index (χ4v) is 2.60. The Kier molecular flexibility index (Phi) is 5.15. The molecule has 1 fully saturated rings. The second kappa shape index (κ2) is 7.51. The Bertz CT molecular complexity index is 765. The molecule has 26 heavy (non-hydrogen) atoms. The van der Waals surface area contributed by atoms with Crippen molar-refractivity contribution in [2.45, 2.75) is 12.5 Å². The van der Waals surface area contributed by atoms with E-state index in [1.165, 1.54) is 11.0 Å². The third-order valence-corrected chi connectivity index (χ3v) is 4.00. The van der Waals surface area contributed by atoms with Gasteiger partial charge >= 0.3 is 6.03 Å². The fraction of sp³-hybridized carbons (Fsp3) is 0.353. The molecule has 1 aromatic heterocycles. The number of carbonyl (C=O) groups is 1. The number of para-hydroxylation sites is 1. The van der Waals surface area contributed by atoms with Gasteiger partial charge in [0.2, 0.25) is 5.88 Å². The number of anilines is 2. The Hall–Kier alpha value is -2.97. The summed E-state index contributed by atoms with van der Waals surface area (Å²) in [6, 6.07) is 6.33. The summed E-state index contributed by atoms with van der Waals surface area (Å²) < 4.78 is 33.0. The first kappa shape index (κ1) is 17.8. The molecule has 3 rings (SSSR count). The Labute approximate surface area is 149 Å². The first-order valence-corrected chi connectivity index (χ1v) is 8.11. The molecule has 1 aliphatic heterocycles. The van der Waals surface area contributed by atoms with E-state index < -0.39 is 23.4 Å². The van der Waals surface area contributed by atoms with Crippen molar-refractivity contribution in [1.29, 1.82) is 0 Å². The number of nitrogens with zero attached hydrogens (tertiary/aromatic N) is 4. The molecule has 0 aliphatic carbocycles. The van der Waals surface area contributed by atoms with Crippen molar-refractivity contribution in [3.8, 4) is 5.88 Å². The van der Waals surface area contributed by atoms with Crippen molar-refractivity contribution < 1.29 is 18.3 Å². The van der Waals surface area contributed by atoms with Gasteiger partial charge in [-0.1, -0.05) is 6.07 Å². The highest BCUT2D eigenvalue weighted by Crippen LogP contribution is 2.21. The molecule has 138 valence electrons. The van der Waals surface area contributed by atoms with Gasteiger partial charge in [0.25, 0.3) is 0 Å². The molecule has 2 heterocycles. The lowest BCUT2D eigenvalue weighted by molar-refractivity contribution is 0.188. The van der Waals surface area contributed by atoms with Gasteiger partial charge in [0.1, 0.15) is 23.4 Å². The van der Waals surface area contributed by atoms with Crippen LogP contribution in [0.4, 0.5) is 25.1 Å². The van der Waals surface area contributed by atoms with Gasteiger partial charge in [0, 0.05) is 33.1 Å². The van der Waals surface area contributed by atoms with Crippen LogP contribution in [0.1, 0.15) is 6.42 Å². The summed E-state index contributed by atoms with van der Waals surface area (Å²) in [5, 5.41) is 10.3. The number of rotatable bonds is 4. The minimum absolute atomic E-state index is 0.259. The van der Waals surface area contributed by atoms with Gasteiger partial charge in [0.05, 0.1) is 6.54 Å². The van der Waals surface area contributed by atoms with Crippen LogP contribution in [0.2, 0.25) is 0 Å². The predicted molar refractivity (Wildman–Crippen MR) is 92.3 cm³/mol. The van der Waals surface area contributed by atoms with E-state index in [0.29, 0.717) is 31.2 Å². The van der Waals surface area contributed by atoms with Crippen molar-refractivity contribution in [2.24, 2.45) is 0 Å². The van der Waals surface area contributed by atoms with Crippen molar-refractivity contribution in [3.05, 3.63) is 42.0 Å². The number of aromatic nitrogens is 2. The molecular weight excluding hydrogens is 344 g/mol. The zero-order valence-corrected chi connectivity index (χ0v) is 14.4. The molecule has 7 nitrogen and oxygen atoms in total. The molecule has 9 heteroatoms. The highest BCUT2D eigenvalue weighted by Gasteiger charge is 2.29. The fourth-order valence-electron chi connectivity index (χ4n) is 2.60. The number of ether oxygens (including phenoxy) is 1. The van der Waals surface area contributed by atoms with Crippen LogP contribution in [0, 0.1) is 11.6 Å². The van der Waals surface area contributed by atoms with E-state index in [1.54, 1.807) is 12.1 Å². The maximum atomic E-state index is 13.6. The summed E-state index contributed by atoms with van der Waals surface area (Å²) in [5.41, 5.74) is -0.452. The van der Waals surface area contributed by atoms with Crippen LogP contribution in [0.15, 0.2) is 30.3 Å². The summed E-state index contributed by atoms with van der Waals surface area (Å²) in [4.78, 5) is 15.5. The minimum atomic E-state index is -0.818. The zero-order valence-electron chi connectivity index (χ0n) is 14.4. The molecule has 2 aromatic rings. The summed E-state index contributed by atoms with van der Waals surface area (Å²) >= 11 is 0. The van der Waals surface area contributed by atoms with Crippen LogP contribution in [-0.2, 0) is 0 Å². The summed E-state index contributed by atoms with van der Waals surface area (Å²) in [5.74, 6) is -0.567. The molecule has 1 atom stereocenters. The largest absolute Gasteiger partial charge is 0.471 e. The van der Waals surface area contributed by atoms with Gasteiger partial charge in [-0.05, 0) is 18.2 Å². The lowest BCUT2D eigenvalue weighted by Gasteiger charge is -2.18. The molecule has 0 bridgehead atoms. The van der Waals surface area contributed by atoms with Gasteiger partial charge in [0.15, 0.2) is 5.82 Å². The van der Waals surface area contributed by atoms with Gasteiger partial charge in [-0.15, -0.1) is 10.2 Å². The van der Waals surface area contributed by atoms with Gasteiger partial charge in [-0.25, -0.2) is 13.6 Å². The van der Waals surface area contributed by atoms with Gasteiger partial charge in [-0.3, -0.25) is 0 Å². The number of likely N-dealkylation sites (tertiary alicyclic amines) is 1. The number of carbonyl (C=O) groups excluding carboxylic acids is 1. The molecule has 1 aliphatic rings. The molecular formula is C17H19F2N5O2. The predicted octanol–water partition coefficient (Wildman–Crippen LogP) is 2.51. The first-order valence-electron chi connectivity index (χ1n) is 8.11. The molecule has 0 radical (unpaired) electrons. The van der Waals surface area contributed by atoms with E-state index in [4.69, 9.17) is 4.74 Å². The third kappa shape index (κ3) is 3.98. The van der Waals surface area contributed by atoms with Crippen LogP contribution in [0.5, 0.6) is 5.88 Å². The Morgan fingerprint density at radius 3 is 2.58 bits per heavy atom. The van der Waals surface area contributed by atoms with Gasteiger partial charge in [-0.2, -0.15) is 0 Å². The molecule has 1 aromatic carbocycles. The second-order valence-corrected chi connectivity index (χ2v) is 6.13. The Morgan fingerprint density at radius 2 is 1.96 bits per heavy atom. The van der Waals surface area contributed by atoms with Crippen LogP contribution in [-0.4, -0.2) is 54.4 Å². The molecule has 2 amide bonds. The van der Waals surface area contributed by atoms with Crippen LogP contribution < -0.4 is 15.0 Å². The quantitative estimate of drug-likeness (QED) is 0.904. The number of benzene rings is 1. The van der Waals surface area contributed by atoms with E-state index in [1.807, 2.05) is 19.0 Å². The average Bonchev–Trinajstić information content (AvgIpc) is 3.07. The number of nitrogens with one attached hydrogen (secondary N) is 1. The van der Waals surface area contributed by atoms with E-state index in [9.17, 15) is 13.6 Å². The molecule has 0 saturated carbocycles. The van der Waals surface area contributed by atoms with Crippen molar-refractivity contribution in [3.63, 3.8) is 0 Å². The monoisotopic (exact) mass is 363 g/mol. The normalized spacial score (nSPS) is 16.5. The third-order valence-electron chi connectivity index (χ3n) is 4.00. The van der Waals surface area contributed by atoms with E-state index in [2.05, 4.69) is 15.5 Å². The number of hydrogen-bond donors (Lipinski definition) is 1. The second-order valence-electron chi connectivity index (χ2n) is 6.13. The van der Waals surface area contributed by atoms with Crippen LogP contribution in [0.25, 0.3) is 0 Å². The topological polar surface area (TPSA) is 70.6 Å². The smallest absolute Gasteiger partial charge is 0.322 e.